The first-order valence-corrected chi connectivity index (χ1v) is 9.01. The molecule has 1 amide bonds. The van der Waals surface area contributed by atoms with Gasteiger partial charge in [-0.05, 0) is 58.1 Å². The van der Waals surface area contributed by atoms with Crippen molar-refractivity contribution in [1.82, 2.24) is 10.6 Å². The fourth-order valence-corrected chi connectivity index (χ4v) is 3.01. The molecule has 0 radical (unpaired) electrons. The van der Waals surface area contributed by atoms with Crippen molar-refractivity contribution in [2.24, 2.45) is 5.92 Å². The smallest absolute Gasteiger partial charge is 0.407 e. The molecular formula is C18H26Cl2N2O2. The predicted molar refractivity (Wildman–Crippen MR) is 98.7 cm³/mol. The van der Waals surface area contributed by atoms with Gasteiger partial charge in [-0.3, -0.25) is 0 Å². The molecule has 0 heterocycles. The number of rotatable bonds is 6. The average molecular weight is 373 g/mol. The van der Waals surface area contributed by atoms with E-state index < -0.39 is 11.7 Å². The molecule has 0 aromatic heterocycles. The van der Waals surface area contributed by atoms with E-state index in [0.717, 1.165) is 18.4 Å². The van der Waals surface area contributed by atoms with Gasteiger partial charge >= 0.3 is 6.09 Å². The molecule has 1 aromatic carbocycles. The van der Waals surface area contributed by atoms with E-state index in [2.05, 4.69) is 17.6 Å². The predicted octanol–water partition coefficient (Wildman–Crippen LogP) is 4.78. The summed E-state index contributed by atoms with van der Waals surface area (Å²) in [6.07, 6.45) is 1.92. The fraction of sp³-hybridized carbons (Fsp3) is 0.611. The monoisotopic (exact) mass is 372 g/mol. The van der Waals surface area contributed by atoms with Crippen molar-refractivity contribution in [2.75, 3.05) is 6.54 Å². The summed E-state index contributed by atoms with van der Waals surface area (Å²) in [5.41, 5.74) is 0.248. The zero-order valence-corrected chi connectivity index (χ0v) is 16.2. The summed E-state index contributed by atoms with van der Waals surface area (Å²) < 4.78 is 5.31. The minimum Gasteiger partial charge on any atom is -0.444 e. The molecule has 1 aromatic rings. The number of hydrogen-bond donors (Lipinski definition) is 2. The molecule has 2 N–H and O–H groups in total. The molecule has 6 heteroatoms. The van der Waals surface area contributed by atoms with Gasteiger partial charge in [-0.15, -0.1) is 0 Å². The summed E-state index contributed by atoms with van der Waals surface area (Å²) in [7, 11) is 0. The number of hydrogen-bond acceptors (Lipinski definition) is 3. The van der Waals surface area contributed by atoms with Gasteiger partial charge in [0.2, 0.25) is 0 Å². The normalized spacial score (nSPS) is 17.2. The van der Waals surface area contributed by atoms with Gasteiger partial charge in [0.25, 0.3) is 0 Å². The molecule has 2 rings (SSSR count). The van der Waals surface area contributed by atoms with Crippen molar-refractivity contribution in [3.8, 4) is 0 Å². The van der Waals surface area contributed by atoms with Gasteiger partial charge < -0.3 is 15.4 Å². The topological polar surface area (TPSA) is 50.4 Å². The van der Waals surface area contributed by atoms with Crippen molar-refractivity contribution in [3.05, 3.63) is 33.8 Å². The Kier molecular flexibility index (Phi) is 6.05. The quantitative estimate of drug-likeness (QED) is 0.755. The first-order valence-electron chi connectivity index (χ1n) is 8.25. The number of ether oxygens (including phenoxy) is 1. The molecule has 1 saturated carbocycles. The zero-order chi connectivity index (χ0) is 18.0. The van der Waals surface area contributed by atoms with Crippen molar-refractivity contribution in [1.29, 1.82) is 0 Å². The Morgan fingerprint density at radius 3 is 2.50 bits per heavy atom. The lowest BCUT2D eigenvalue weighted by Gasteiger charge is -2.32. The first-order chi connectivity index (χ1) is 11.1. The maximum absolute atomic E-state index is 11.9. The molecule has 1 aliphatic carbocycles. The van der Waals surface area contributed by atoms with E-state index in [1.807, 2.05) is 32.9 Å². The molecule has 0 saturated heterocycles. The number of amides is 1. The SMILES string of the molecule is CC(C)(C)OC(=O)NCC(C)(NCc1cccc(Cl)c1Cl)C1CC1. The van der Waals surface area contributed by atoms with E-state index in [-0.39, 0.29) is 5.54 Å². The zero-order valence-electron chi connectivity index (χ0n) is 14.7. The van der Waals surface area contributed by atoms with Crippen LogP contribution in [0.5, 0.6) is 0 Å². The van der Waals surface area contributed by atoms with Gasteiger partial charge in [0.05, 0.1) is 10.0 Å². The number of carbonyl (C=O) groups is 1. The van der Waals surface area contributed by atoms with E-state index in [1.54, 1.807) is 6.07 Å². The van der Waals surface area contributed by atoms with Gasteiger partial charge in [0, 0.05) is 18.6 Å². The van der Waals surface area contributed by atoms with Crippen LogP contribution in [0, 0.1) is 5.92 Å². The van der Waals surface area contributed by atoms with Crippen LogP contribution in [0.15, 0.2) is 18.2 Å². The summed E-state index contributed by atoms with van der Waals surface area (Å²) >= 11 is 12.3. The van der Waals surface area contributed by atoms with E-state index in [9.17, 15) is 4.79 Å². The van der Waals surface area contributed by atoms with Crippen LogP contribution in [0.3, 0.4) is 0 Å². The summed E-state index contributed by atoms with van der Waals surface area (Å²) in [6, 6.07) is 5.62. The van der Waals surface area contributed by atoms with Gasteiger partial charge in [0.1, 0.15) is 5.60 Å². The van der Waals surface area contributed by atoms with E-state index in [4.69, 9.17) is 27.9 Å². The van der Waals surface area contributed by atoms with Crippen LogP contribution in [0.25, 0.3) is 0 Å². The van der Waals surface area contributed by atoms with Crippen LogP contribution < -0.4 is 10.6 Å². The molecule has 24 heavy (non-hydrogen) atoms. The Morgan fingerprint density at radius 1 is 1.25 bits per heavy atom. The van der Waals surface area contributed by atoms with Crippen LogP contribution in [0.1, 0.15) is 46.1 Å². The lowest BCUT2D eigenvalue weighted by molar-refractivity contribution is 0.0507. The maximum atomic E-state index is 11.9. The standard InChI is InChI=1S/C18H26Cl2N2O2/c1-17(2,3)24-16(23)21-11-18(4,13-8-9-13)22-10-12-6-5-7-14(19)15(12)20/h5-7,13,22H,8-11H2,1-4H3,(H,21,23). The Bertz CT molecular complexity index is 597. The second kappa shape index (κ2) is 7.51. The lowest BCUT2D eigenvalue weighted by atomic mass is 9.95. The van der Waals surface area contributed by atoms with Crippen LogP contribution in [-0.2, 0) is 11.3 Å². The van der Waals surface area contributed by atoms with Crippen molar-refractivity contribution in [2.45, 2.75) is 58.2 Å². The van der Waals surface area contributed by atoms with Crippen LogP contribution in [0.4, 0.5) is 4.79 Å². The minimum atomic E-state index is -0.498. The molecule has 0 spiro atoms. The molecule has 1 unspecified atom stereocenters. The molecule has 4 nitrogen and oxygen atoms in total. The number of carbonyl (C=O) groups excluding carboxylic acids is 1. The van der Waals surface area contributed by atoms with E-state index in [0.29, 0.717) is 29.1 Å². The molecule has 1 fully saturated rings. The van der Waals surface area contributed by atoms with Gasteiger partial charge in [-0.2, -0.15) is 0 Å². The highest BCUT2D eigenvalue weighted by Crippen LogP contribution is 2.39. The Morgan fingerprint density at radius 2 is 1.92 bits per heavy atom. The number of nitrogens with one attached hydrogen (secondary N) is 2. The summed E-state index contributed by atoms with van der Waals surface area (Å²) in [6.45, 7) is 8.79. The summed E-state index contributed by atoms with van der Waals surface area (Å²) in [4.78, 5) is 11.9. The Hall–Kier alpha value is -0.970. The second-order valence-corrected chi connectivity index (χ2v) is 8.40. The average Bonchev–Trinajstić information content (AvgIpc) is 3.30. The van der Waals surface area contributed by atoms with Crippen LogP contribution in [0.2, 0.25) is 10.0 Å². The lowest BCUT2D eigenvalue weighted by Crippen LogP contribution is -2.53. The van der Waals surface area contributed by atoms with Crippen LogP contribution in [-0.4, -0.2) is 23.8 Å². The second-order valence-electron chi connectivity index (χ2n) is 7.61. The Labute approximate surface area is 154 Å². The summed E-state index contributed by atoms with van der Waals surface area (Å²) in [5, 5.41) is 7.55. The van der Waals surface area contributed by atoms with Gasteiger partial charge in [0.15, 0.2) is 0 Å². The van der Waals surface area contributed by atoms with E-state index in [1.165, 1.54) is 0 Å². The number of benzene rings is 1. The van der Waals surface area contributed by atoms with Crippen LogP contribution >= 0.6 is 23.2 Å². The third-order valence-corrected chi connectivity index (χ3v) is 5.05. The molecule has 1 atom stereocenters. The molecule has 0 bridgehead atoms. The first kappa shape index (κ1) is 19.4. The minimum absolute atomic E-state index is 0.206. The molecule has 0 aliphatic heterocycles. The van der Waals surface area contributed by atoms with Gasteiger partial charge in [-0.1, -0.05) is 35.3 Å². The highest BCUT2D eigenvalue weighted by atomic mass is 35.5. The molecular weight excluding hydrogens is 347 g/mol. The molecule has 134 valence electrons. The molecule has 1 aliphatic rings. The number of halogens is 2. The number of alkyl carbamates (subject to hydrolysis) is 1. The largest absolute Gasteiger partial charge is 0.444 e. The highest BCUT2D eigenvalue weighted by Gasteiger charge is 2.41. The highest BCUT2D eigenvalue weighted by molar-refractivity contribution is 6.42. The van der Waals surface area contributed by atoms with E-state index >= 15 is 0 Å². The third-order valence-electron chi connectivity index (χ3n) is 4.19. The van der Waals surface area contributed by atoms with Crippen molar-refractivity contribution in [3.63, 3.8) is 0 Å². The maximum Gasteiger partial charge on any atom is 0.407 e. The van der Waals surface area contributed by atoms with Crippen molar-refractivity contribution >= 4 is 29.3 Å². The summed E-state index contributed by atoms with van der Waals surface area (Å²) in [5.74, 6) is 0.533. The Balaban J connectivity index is 1.95. The van der Waals surface area contributed by atoms with Crippen molar-refractivity contribution < 1.29 is 9.53 Å². The fourth-order valence-electron chi connectivity index (χ4n) is 2.62. The van der Waals surface area contributed by atoms with Gasteiger partial charge in [-0.25, -0.2) is 4.79 Å². The third kappa shape index (κ3) is 5.54.